The lowest BCUT2D eigenvalue weighted by molar-refractivity contribution is 0.162. The van der Waals surface area contributed by atoms with Crippen LogP contribution in [0.2, 0.25) is 18.1 Å². The van der Waals surface area contributed by atoms with Gasteiger partial charge in [0.15, 0.2) is 8.32 Å². The van der Waals surface area contributed by atoms with Crippen LogP contribution in [0.3, 0.4) is 0 Å². The molecule has 0 aliphatic heterocycles. The molecule has 0 radical (unpaired) electrons. The van der Waals surface area contributed by atoms with Crippen LogP contribution in [-0.4, -0.2) is 14.9 Å². The second kappa shape index (κ2) is 7.60. The summed E-state index contributed by atoms with van der Waals surface area (Å²) in [7, 11) is -1.59. The Kier molecular flexibility index (Phi) is 6.73. The van der Waals surface area contributed by atoms with E-state index in [1.807, 2.05) is 0 Å². The Morgan fingerprint density at radius 3 is 2.35 bits per heavy atom. The highest BCUT2D eigenvalue weighted by molar-refractivity contribution is 6.74. The van der Waals surface area contributed by atoms with Gasteiger partial charge in [0.2, 0.25) is 0 Å². The lowest BCUT2D eigenvalue weighted by Crippen LogP contribution is -2.42. The van der Waals surface area contributed by atoms with Gasteiger partial charge in [0, 0.05) is 6.61 Å². The van der Waals surface area contributed by atoms with Crippen molar-refractivity contribution in [2.75, 3.05) is 6.61 Å². The third-order valence-electron chi connectivity index (χ3n) is 5.09. The van der Waals surface area contributed by atoms with E-state index in [2.05, 4.69) is 65.1 Å². The third-order valence-corrected chi connectivity index (χ3v) is 9.59. The van der Waals surface area contributed by atoms with Gasteiger partial charge in [-0.05, 0) is 49.7 Å². The molecule has 2 heteroatoms. The predicted molar refractivity (Wildman–Crippen MR) is 92.6 cm³/mol. The topological polar surface area (TPSA) is 9.23 Å². The monoisotopic (exact) mass is 294 g/mol. The fraction of sp³-hybridized carbons (Fsp3) is 0.778. The summed E-state index contributed by atoms with van der Waals surface area (Å²) < 4.78 is 6.46. The van der Waals surface area contributed by atoms with E-state index in [-0.39, 0.29) is 0 Å². The van der Waals surface area contributed by atoms with E-state index in [1.165, 1.54) is 25.7 Å². The van der Waals surface area contributed by atoms with E-state index >= 15 is 0 Å². The summed E-state index contributed by atoms with van der Waals surface area (Å²) in [6.45, 7) is 14.7. The molecule has 1 fully saturated rings. The third kappa shape index (κ3) is 5.21. The van der Waals surface area contributed by atoms with Crippen molar-refractivity contribution in [2.24, 2.45) is 11.8 Å². The van der Waals surface area contributed by atoms with E-state index in [9.17, 15) is 0 Å². The summed E-state index contributed by atoms with van der Waals surface area (Å²) >= 11 is 0. The molecule has 116 valence electrons. The highest BCUT2D eigenvalue weighted by Crippen LogP contribution is 2.38. The smallest absolute Gasteiger partial charge is 0.191 e. The van der Waals surface area contributed by atoms with Gasteiger partial charge in [-0.25, -0.2) is 0 Å². The summed E-state index contributed by atoms with van der Waals surface area (Å²) in [5, 5.41) is 0.317. The van der Waals surface area contributed by atoms with E-state index in [0.29, 0.717) is 11.0 Å². The number of hydrogen-bond acceptors (Lipinski definition) is 1. The molecule has 0 bridgehead atoms. The van der Waals surface area contributed by atoms with Crippen LogP contribution in [-0.2, 0) is 4.43 Å². The van der Waals surface area contributed by atoms with Gasteiger partial charge in [-0.2, -0.15) is 0 Å². The second-order valence-corrected chi connectivity index (χ2v) is 12.5. The van der Waals surface area contributed by atoms with Crippen LogP contribution in [0, 0.1) is 11.8 Å². The number of hydrogen-bond donors (Lipinski definition) is 0. The summed E-state index contributed by atoms with van der Waals surface area (Å²) in [6.07, 6.45) is 14.3. The van der Waals surface area contributed by atoms with Crippen LogP contribution >= 0.6 is 0 Å². The molecular weight excluding hydrogens is 260 g/mol. The van der Waals surface area contributed by atoms with Crippen LogP contribution in [0.5, 0.6) is 0 Å². The number of allylic oxidation sites excluding steroid dienone is 4. The molecule has 0 heterocycles. The first-order chi connectivity index (χ1) is 9.28. The standard InChI is InChI=1S/C18H34OSi/c1-7-8-9-12-16-13-10-11-14-17(16)15-19-20(5,6)18(2,3)4/h7-9,12,16-17H,10-11,13-15H2,1-6H3/b8-7+,12-9+/t16-,17+/m0/s1. The maximum Gasteiger partial charge on any atom is 0.191 e. The Morgan fingerprint density at radius 1 is 1.10 bits per heavy atom. The molecule has 1 nitrogen and oxygen atoms in total. The highest BCUT2D eigenvalue weighted by Gasteiger charge is 2.38. The molecule has 0 spiro atoms. The molecule has 0 N–H and O–H groups in total. The number of rotatable bonds is 5. The highest BCUT2D eigenvalue weighted by atomic mass is 28.4. The van der Waals surface area contributed by atoms with E-state index < -0.39 is 8.32 Å². The quantitative estimate of drug-likeness (QED) is 0.450. The van der Waals surface area contributed by atoms with Gasteiger partial charge >= 0.3 is 0 Å². The maximum absolute atomic E-state index is 6.46. The van der Waals surface area contributed by atoms with Crippen LogP contribution in [0.1, 0.15) is 53.4 Å². The van der Waals surface area contributed by atoms with Gasteiger partial charge in [0.05, 0.1) is 0 Å². The van der Waals surface area contributed by atoms with Crippen molar-refractivity contribution in [1.82, 2.24) is 0 Å². The van der Waals surface area contributed by atoms with Crippen LogP contribution in [0.15, 0.2) is 24.3 Å². The maximum atomic E-state index is 6.46. The molecule has 0 amide bonds. The molecular formula is C18H34OSi. The molecule has 1 saturated carbocycles. The van der Waals surface area contributed by atoms with Gasteiger partial charge in [-0.3, -0.25) is 0 Å². The Morgan fingerprint density at radius 2 is 1.75 bits per heavy atom. The molecule has 1 rings (SSSR count). The normalized spacial score (nSPS) is 25.7. The molecule has 0 aromatic carbocycles. The minimum atomic E-state index is -1.59. The molecule has 0 unspecified atom stereocenters. The van der Waals surface area contributed by atoms with E-state index in [1.54, 1.807) is 0 Å². The van der Waals surface area contributed by atoms with Crippen molar-refractivity contribution >= 4 is 8.32 Å². The minimum Gasteiger partial charge on any atom is -0.417 e. The summed E-state index contributed by atoms with van der Waals surface area (Å²) in [5.74, 6) is 1.43. The molecule has 1 aliphatic carbocycles. The first kappa shape index (κ1) is 17.7. The fourth-order valence-corrected chi connectivity index (χ4v) is 3.61. The van der Waals surface area contributed by atoms with Crippen molar-refractivity contribution in [3.05, 3.63) is 24.3 Å². The van der Waals surface area contributed by atoms with Crippen molar-refractivity contribution in [2.45, 2.75) is 71.5 Å². The van der Waals surface area contributed by atoms with Crippen LogP contribution in [0.4, 0.5) is 0 Å². The molecule has 0 aromatic heterocycles. The fourth-order valence-electron chi connectivity index (χ4n) is 2.55. The van der Waals surface area contributed by atoms with Gasteiger partial charge in [0.1, 0.15) is 0 Å². The first-order valence-electron chi connectivity index (χ1n) is 8.21. The lowest BCUT2D eigenvalue weighted by Gasteiger charge is -2.39. The molecule has 0 saturated heterocycles. The van der Waals surface area contributed by atoms with Crippen LogP contribution in [0.25, 0.3) is 0 Å². The Bertz CT molecular complexity index is 336. The summed E-state index contributed by atoms with van der Waals surface area (Å²) in [6, 6.07) is 0. The van der Waals surface area contributed by atoms with E-state index in [0.717, 1.165) is 12.5 Å². The zero-order chi connectivity index (χ0) is 15.2. The van der Waals surface area contributed by atoms with Gasteiger partial charge in [-0.1, -0.05) is 57.9 Å². The Labute approximate surface area is 127 Å². The van der Waals surface area contributed by atoms with E-state index in [4.69, 9.17) is 4.43 Å². The van der Waals surface area contributed by atoms with Gasteiger partial charge in [-0.15, -0.1) is 0 Å². The predicted octanol–water partition coefficient (Wildman–Crippen LogP) is 5.95. The second-order valence-electron chi connectivity index (χ2n) is 7.69. The first-order valence-corrected chi connectivity index (χ1v) is 11.1. The molecule has 20 heavy (non-hydrogen) atoms. The van der Waals surface area contributed by atoms with Crippen molar-refractivity contribution in [1.29, 1.82) is 0 Å². The Balaban J connectivity index is 2.59. The van der Waals surface area contributed by atoms with Crippen molar-refractivity contribution in [3.63, 3.8) is 0 Å². The van der Waals surface area contributed by atoms with Crippen LogP contribution < -0.4 is 0 Å². The Hall–Kier alpha value is -0.343. The van der Waals surface area contributed by atoms with Gasteiger partial charge < -0.3 is 4.43 Å². The average molecular weight is 295 g/mol. The lowest BCUT2D eigenvalue weighted by atomic mass is 9.79. The largest absolute Gasteiger partial charge is 0.417 e. The zero-order valence-electron chi connectivity index (χ0n) is 14.4. The molecule has 2 atom stereocenters. The minimum absolute atomic E-state index is 0.317. The van der Waals surface area contributed by atoms with Crippen molar-refractivity contribution < 1.29 is 4.43 Å². The SMILES string of the molecule is C/C=C/C=C/[C@H]1CCCC[C@@H]1CO[Si](C)(C)C(C)(C)C. The average Bonchev–Trinajstić information content (AvgIpc) is 2.36. The summed E-state index contributed by atoms with van der Waals surface area (Å²) in [5.41, 5.74) is 0. The zero-order valence-corrected chi connectivity index (χ0v) is 15.4. The van der Waals surface area contributed by atoms with Gasteiger partial charge in [0.25, 0.3) is 0 Å². The molecule has 1 aliphatic rings. The molecule has 0 aromatic rings. The van der Waals surface area contributed by atoms with Crippen molar-refractivity contribution in [3.8, 4) is 0 Å². The summed E-state index contributed by atoms with van der Waals surface area (Å²) in [4.78, 5) is 0.